The van der Waals surface area contributed by atoms with Crippen LogP contribution in [-0.2, 0) is 27.2 Å². The second-order valence-electron chi connectivity index (χ2n) is 8.14. The lowest BCUT2D eigenvalue weighted by Gasteiger charge is -2.18. The molecule has 0 amide bonds. The van der Waals surface area contributed by atoms with Gasteiger partial charge in [0.15, 0.2) is 0 Å². The van der Waals surface area contributed by atoms with Crippen LogP contribution in [0.3, 0.4) is 0 Å². The Hall–Kier alpha value is -3.85. The molecule has 0 aliphatic carbocycles. The highest BCUT2D eigenvalue weighted by atomic mass is 16.6. The second kappa shape index (κ2) is 12.0. The quantitative estimate of drug-likeness (QED) is 0.368. The van der Waals surface area contributed by atoms with Crippen molar-refractivity contribution in [1.82, 2.24) is 4.98 Å². The zero-order valence-corrected chi connectivity index (χ0v) is 20.0. The number of carboxylic acid groups (broad SMARTS) is 1. The number of esters is 1. The van der Waals surface area contributed by atoms with Crippen LogP contribution in [0.15, 0.2) is 52.9 Å². The number of hydrogen-bond donors (Lipinski definition) is 2. The Labute approximate surface area is 203 Å². The summed E-state index contributed by atoms with van der Waals surface area (Å²) in [7, 11) is 1.51. The standard InChI is InChI=1S/C26H30N2O7/c1-16(2)34-25(31)23(27)20-15-19(11-9-17(20)10-12-22(29)30)33-14-13-21-26(32-3)35-24(28-21)18-7-5-4-6-8-18/h4-9,11,15-16,23H,10,12-14,27H2,1-3H3,(H,29,30). The molecule has 0 fully saturated rings. The average Bonchev–Trinajstić information content (AvgIpc) is 3.26. The molecule has 1 heterocycles. The first-order valence-electron chi connectivity index (χ1n) is 11.3. The van der Waals surface area contributed by atoms with Gasteiger partial charge in [0.1, 0.15) is 17.5 Å². The van der Waals surface area contributed by atoms with Gasteiger partial charge in [-0.15, -0.1) is 0 Å². The Bertz CT molecular complexity index is 1140. The van der Waals surface area contributed by atoms with E-state index in [0.717, 1.165) is 5.56 Å². The van der Waals surface area contributed by atoms with Crippen LogP contribution in [0.25, 0.3) is 11.5 Å². The first kappa shape index (κ1) is 25.8. The van der Waals surface area contributed by atoms with E-state index in [4.69, 9.17) is 29.5 Å². The van der Waals surface area contributed by atoms with Gasteiger partial charge in [-0.1, -0.05) is 24.3 Å². The Morgan fingerprint density at radius 1 is 1.11 bits per heavy atom. The number of hydrogen-bond acceptors (Lipinski definition) is 8. The molecule has 0 saturated heterocycles. The van der Waals surface area contributed by atoms with E-state index in [1.54, 1.807) is 32.0 Å². The number of aryl methyl sites for hydroxylation is 1. The number of ether oxygens (including phenoxy) is 3. The maximum absolute atomic E-state index is 12.4. The first-order chi connectivity index (χ1) is 16.8. The summed E-state index contributed by atoms with van der Waals surface area (Å²) in [5.74, 6) is -0.272. The van der Waals surface area contributed by atoms with E-state index in [1.807, 2.05) is 30.3 Å². The van der Waals surface area contributed by atoms with Gasteiger partial charge in [0.05, 0.1) is 19.8 Å². The van der Waals surface area contributed by atoms with Gasteiger partial charge in [-0.3, -0.25) is 4.79 Å². The topological polar surface area (TPSA) is 134 Å². The fourth-order valence-electron chi connectivity index (χ4n) is 3.48. The number of oxazole rings is 1. The lowest BCUT2D eigenvalue weighted by Crippen LogP contribution is -2.27. The summed E-state index contributed by atoms with van der Waals surface area (Å²) >= 11 is 0. The third-order valence-electron chi connectivity index (χ3n) is 5.14. The number of nitrogens with zero attached hydrogens (tertiary/aromatic N) is 1. The molecule has 35 heavy (non-hydrogen) atoms. The predicted molar refractivity (Wildman–Crippen MR) is 128 cm³/mol. The molecule has 2 aromatic carbocycles. The zero-order chi connectivity index (χ0) is 25.4. The molecule has 3 rings (SSSR count). The summed E-state index contributed by atoms with van der Waals surface area (Å²) in [6.45, 7) is 3.73. The summed E-state index contributed by atoms with van der Waals surface area (Å²) in [5.41, 5.74) is 8.73. The van der Waals surface area contributed by atoms with E-state index < -0.39 is 18.0 Å². The molecule has 3 aromatic rings. The Morgan fingerprint density at radius 2 is 1.86 bits per heavy atom. The van der Waals surface area contributed by atoms with Crippen LogP contribution in [-0.4, -0.2) is 41.8 Å². The number of carboxylic acids is 1. The van der Waals surface area contributed by atoms with Crippen LogP contribution in [0.4, 0.5) is 0 Å². The SMILES string of the molecule is COc1oc(-c2ccccc2)nc1CCOc1ccc(CCC(=O)O)c(C(N)C(=O)OC(C)C)c1. The van der Waals surface area contributed by atoms with Crippen LogP contribution >= 0.6 is 0 Å². The minimum Gasteiger partial charge on any atom is -0.493 e. The van der Waals surface area contributed by atoms with Crippen LogP contribution in [0, 0.1) is 0 Å². The van der Waals surface area contributed by atoms with Crippen LogP contribution < -0.4 is 15.2 Å². The van der Waals surface area contributed by atoms with E-state index in [-0.39, 0.29) is 25.6 Å². The molecule has 1 aromatic heterocycles. The van der Waals surface area contributed by atoms with Crippen molar-refractivity contribution < 1.29 is 33.3 Å². The lowest BCUT2D eigenvalue weighted by molar-refractivity contribution is -0.149. The molecule has 9 heteroatoms. The molecule has 0 spiro atoms. The van der Waals surface area contributed by atoms with Gasteiger partial charge in [0.2, 0.25) is 5.89 Å². The fraction of sp³-hybridized carbons (Fsp3) is 0.346. The smallest absolute Gasteiger partial charge is 0.327 e. The van der Waals surface area contributed by atoms with Crippen molar-refractivity contribution in [1.29, 1.82) is 0 Å². The van der Waals surface area contributed by atoms with E-state index in [0.29, 0.717) is 40.8 Å². The number of nitrogens with two attached hydrogens (primary N) is 1. The highest BCUT2D eigenvalue weighted by Gasteiger charge is 2.23. The third kappa shape index (κ3) is 7.07. The maximum atomic E-state index is 12.4. The van der Waals surface area contributed by atoms with Crippen molar-refractivity contribution in [3.05, 3.63) is 65.4 Å². The molecule has 0 saturated carbocycles. The molecule has 0 bridgehead atoms. The molecule has 0 aliphatic rings. The van der Waals surface area contributed by atoms with Gasteiger partial charge < -0.3 is 29.5 Å². The van der Waals surface area contributed by atoms with Crippen LogP contribution in [0.1, 0.15) is 43.1 Å². The summed E-state index contributed by atoms with van der Waals surface area (Å²) in [5, 5.41) is 9.06. The molecular formula is C26H30N2O7. The van der Waals surface area contributed by atoms with Crippen LogP contribution in [0.2, 0.25) is 0 Å². The molecule has 0 aliphatic heterocycles. The zero-order valence-electron chi connectivity index (χ0n) is 20.0. The number of carbonyl (C=O) groups is 2. The van der Waals surface area contributed by atoms with E-state index in [2.05, 4.69) is 4.98 Å². The van der Waals surface area contributed by atoms with Gasteiger partial charge in [0, 0.05) is 18.4 Å². The van der Waals surface area contributed by atoms with Crippen molar-refractivity contribution in [3.63, 3.8) is 0 Å². The normalized spacial score (nSPS) is 11.8. The average molecular weight is 483 g/mol. The van der Waals surface area contributed by atoms with Gasteiger partial charge in [-0.25, -0.2) is 9.78 Å². The monoisotopic (exact) mass is 482 g/mol. The van der Waals surface area contributed by atoms with Gasteiger partial charge in [0.25, 0.3) is 0 Å². The summed E-state index contributed by atoms with van der Waals surface area (Å²) in [4.78, 5) is 28.0. The molecule has 1 atom stereocenters. The molecular weight excluding hydrogens is 452 g/mol. The van der Waals surface area contributed by atoms with Crippen molar-refractivity contribution in [2.45, 2.75) is 45.3 Å². The highest BCUT2D eigenvalue weighted by molar-refractivity contribution is 5.78. The number of benzene rings is 2. The molecule has 186 valence electrons. The van der Waals surface area contributed by atoms with Gasteiger partial charge in [-0.05, 0) is 55.7 Å². The van der Waals surface area contributed by atoms with Crippen LogP contribution in [0.5, 0.6) is 11.7 Å². The minimum absolute atomic E-state index is 0.0884. The van der Waals surface area contributed by atoms with Crippen molar-refractivity contribution in [3.8, 4) is 23.1 Å². The second-order valence-corrected chi connectivity index (χ2v) is 8.14. The number of aliphatic carboxylic acids is 1. The molecule has 3 N–H and O–H groups in total. The molecule has 9 nitrogen and oxygen atoms in total. The van der Waals surface area contributed by atoms with E-state index in [1.165, 1.54) is 7.11 Å². The maximum Gasteiger partial charge on any atom is 0.327 e. The van der Waals surface area contributed by atoms with Crippen molar-refractivity contribution >= 4 is 11.9 Å². The number of aromatic nitrogens is 1. The highest BCUT2D eigenvalue weighted by Crippen LogP contribution is 2.28. The third-order valence-corrected chi connectivity index (χ3v) is 5.14. The van der Waals surface area contributed by atoms with Gasteiger partial charge in [-0.2, -0.15) is 0 Å². The molecule has 0 radical (unpaired) electrons. The van der Waals surface area contributed by atoms with E-state index >= 15 is 0 Å². The Kier molecular flexibility index (Phi) is 8.86. The Balaban J connectivity index is 1.74. The van der Waals surface area contributed by atoms with Gasteiger partial charge >= 0.3 is 17.9 Å². The first-order valence-corrected chi connectivity index (χ1v) is 11.3. The number of rotatable bonds is 12. The summed E-state index contributed by atoms with van der Waals surface area (Å²) in [6.07, 6.45) is 0.228. The number of carbonyl (C=O) groups excluding carboxylic acids is 1. The Morgan fingerprint density at radius 3 is 2.51 bits per heavy atom. The summed E-state index contributed by atoms with van der Waals surface area (Å²) < 4.78 is 22.2. The largest absolute Gasteiger partial charge is 0.493 e. The van der Waals surface area contributed by atoms with Crippen molar-refractivity contribution in [2.75, 3.05) is 13.7 Å². The minimum atomic E-state index is -1.06. The lowest BCUT2D eigenvalue weighted by atomic mass is 9.97. The van der Waals surface area contributed by atoms with Crippen molar-refractivity contribution in [2.24, 2.45) is 5.73 Å². The number of methoxy groups -OCH3 is 1. The molecule has 1 unspecified atom stereocenters. The predicted octanol–water partition coefficient (Wildman–Crippen LogP) is 3.94. The fourth-order valence-corrected chi connectivity index (χ4v) is 3.48. The van der Waals surface area contributed by atoms with E-state index in [9.17, 15) is 9.59 Å². The summed E-state index contributed by atoms with van der Waals surface area (Å²) in [6, 6.07) is 13.5.